The van der Waals surface area contributed by atoms with Crippen molar-refractivity contribution in [3.63, 3.8) is 0 Å². The van der Waals surface area contributed by atoms with Crippen LogP contribution in [0.25, 0.3) is 11.3 Å². The second kappa shape index (κ2) is 9.55. The van der Waals surface area contributed by atoms with Crippen molar-refractivity contribution in [3.05, 3.63) is 66.5 Å². The number of carbonyl (C=O) groups excluding carboxylic acids is 1. The van der Waals surface area contributed by atoms with Gasteiger partial charge in [0.1, 0.15) is 5.75 Å². The number of pyridine rings is 1. The van der Waals surface area contributed by atoms with Crippen molar-refractivity contribution in [2.24, 2.45) is 0 Å². The van der Waals surface area contributed by atoms with Gasteiger partial charge in [0, 0.05) is 44.1 Å². The number of benzene rings is 1. The average molecular weight is 418 g/mol. The summed E-state index contributed by atoms with van der Waals surface area (Å²) in [5.74, 6) is 2.03. The number of anilines is 1. The summed E-state index contributed by atoms with van der Waals surface area (Å²) in [7, 11) is 0. The molecule has 0 bridgehead atoms. The van der Waals surface area contributed by atoms with Crippen LogP contribution in [0.4, 0.5) is 5.82 Å². The van der Waals surface area contributed by atoms with E-state index in [2.05, 4.69) is 33.9 Å². The summed E-state index contributed by atoms with van der Waals surface area (Å²) in [5.41, 5.74) is 3.06. The van der Waals surface area contributed by atoms with Crippen LogP contribution in [-0.2, 0) is 4.79 Å². The van der Waals surface area contributed by atoms with Crippen molar-refractivity contribution >= 4 is 11.7 Å². The van der Waals surface area contributed by atoms with E-state index in [0.29, 0.717) is 19.0 Å². The van der Waals surface area contributed by atoms with E-state index in [1.807, 2.05) is 53.4 Å². The zero-order valence-corrected chi connectivity index (χ0v) is 17.9. The summed E-state index contributed by atoms with van der Waals surface area (Å²) >= 11 is 0. The Balaban J connectivity index is 1.26. The fourth-order valence-electron chi connectivity index (χ4n) is 3.54. The topological polar surface area (TPSA) is 71.5 Å². The van der Waals surface area contributed by atoms with Gasteiger partial charge < -0.3 is 14.5 Å². The first kappa shape index (κ1) is 20.8. The predicted molar refractivity (Wildman–Crippen MR) is 120 cm³/mol. The maximum atomic E-state index is 12.5. The van der Waals surface area contributed by atoms with E-state index in [9.17, 15) is 4.79 Å². The van der Waals surface area contributed by atoms with Crippen LogP contribution >= 0.6 is 0 Å². The highest BCUT2D eigenvalue weighted by Crippen LogP contribution is 2.20. The van der Waals surface area contributed by atoms with Gasteiger partial charge in [0.25, 0.3) is 5.91 Å². The standard InChI is InChI=1S/C24H27N5O2/c1-18(2)19-3-5-21(6-4-19)31-17-24(30)29-15-13-28(14-16-29)23-8-7-22(26-27-23)20-9-11-25-12-10-20/h3-12,18H,13-17H2,1-2H3. The van der Waals surface area contributed by atoms with Gasteiger partial charge >= 0.3 is 0 Å². The Morgan fingerprint density at radius 1 is 0.935 bits per heavy atom. The van der Waals surface area contributed by atoms with Crippen molar-refractivity contribution in [1.82, 2.24) is 20.1 Å². The molecule has 0 N–H and O–H groups in total. The average Bonchev–Trinajstić information content (AvgIpc) is 2.83. The molecule has 0 radical (unpaired) electrons. The van der Waals surface area contributed by atoms with Crippen LogP contribution in [0.1, 0.15) is 25.3 Å². The molecule has 3 aromatic rings. The minimum absolute atomic E-state index is 0.00621. The molecule has 7 heteroatoms. The highest BCUT2D eigenvalue weighted by molar-refractivity contribution is 5.78. The van der Waals surface area contributed by atoms with Crippen molar-refractivity contribution < 1.29 is 9.53 Å². The molecule has 1 aromatic carbocycles. The second-order valence-corrected chi connectivity index (χ2v) is 7.89. The second-order valence-electron chi connectivity index (χ2n) is 7.89. The molecular formula is C24H27N5O2. The van der Waals surface area contributed by atoms with E-state index in [0.717, 1.165) is 35.9 Å². The lowest BCUT2D eigenvalue weighted by molar-refractivity contribution is -0.133. The first-order chi connectivity index (χ1) is 15.1. The molecule has 0 atom stereocenters. The number of amides is 1. The third-order valence-electron chi connectivity index (χ3n) is 5.49. The maximum absolute atomic E-state index is 12.5. The summed E-state index contributed by atoms with van der Waals surface area (Å²) in [6, 6.07) is 15.7. The highest BCUT2D eigenvalue weighted by Gasteiger charge is 2.22. The van der Waals surface area contributed by atoms with Crippen LogP contribution in [0.3, 0.4) is 0 Å². The van der Waals surface area contributed by atoms with Crippen LogP contribution in [0.15, 0.2) is 60.9 Å². The first-order valence-corrected chi connectivity index (χ1v) is 10.6. The minimum Gasteiger partial charge on any atom is -0.484 e. The Morgan fingerprint density at radius 3 is 2.26 bits per heavy atom. The summed E-state index contributed by atoms with van der Waals surface area (Å²) in [6.45, 7) is 7.09. The summed E-state index contributed by atoms with van der Waals surface area (Å²) in [4.78, 5) is 20.6. The van der Waals surface area contributed by atoms with E-state index >= 15 is 0 Å². The molecule has 0 saturated carbocycles. The van der Waals surface area contributed by atoms with Crippen molar-refractivity contribution in [1.29, 1.82) is 0 Å². The molecule has 1 fully saturated rings. The van der Waals surface area contributed by atoms with Crippen molar-refractivity contribution in [2.75, 3.05) is 37.7 Å². The quantitative estimate of drug-likeness (QED) is 0.612. The fourth-order valence-corrected chi connectivity index (χ4v) is 3.54. The monoisotopic (exact) mass is 417 g/mol. The third-order valence-corrected chi connectivity index (χ3v) is 5.49. The molecule has 31 heavy (non-hydrogen) atoms. The molecule has 4 rings (SSSR count). The Hall–Kier alpha value is -3.48. The number of piperazine rings is 1. The normalized spacial score (nSPS) is 14.0. The number of rotatable bonds is 6. The van der Waals surface area contributed by atoms with Crippen LogP contribution < -0.4 is 9.64 Å². The zero-order valence-electron chi connectivity index (χ0n) is 17.9. The molecule has 1 saturated heterocycles. The van der Waals surface area contributed by atoms with E-state index in [4.69, 9.17) is 4.74 Å². The molecule has 2 aromatic heterocycles. The number of hydrogen-bond acceptors (Lipinski definition) is 6. The Kier molecular flexibility index (Phi) is 6.40. The summed E-state index contributed by atoms with van der Waals surface area (Å²) < 4.78 is 5.69. The number of nitrogens with zero attached hydrogens (tertiary/aromatic N) is 5. The van der Waals surface area contributed by atoms with Gasteiger partial charge in [-0.15, -0.1) is 10.2 Å². The number of hydrogen-bond donors (Lipinski definition) is 0. The fraction of sp³-hybridized carbons (Fsp3) is 0.333. The lowest BCUT2D eigenvalue weighted by Gasteiger charge is -2.35. The minimum atomic E-state index is 0.00621. The molecule has 7 nitrogen and oxygen atoms in total. The largest absolute Gasteiger partial charge is 0.484 e. The van der Waals surface area contributed by atoms with Crippen LogP contribution in [-0.4, -0.2) is 58.8 Å². The lowest BCUT2D eigenvalue weighted by atomic mass is 10.0. The van der Waals surface area contributed by atoms with Gasteiger partial charge in [-0.2, -0.15) is 0 Å². The number of ether oxygens (including phenoxy) is 1. The van der Waals surface area contributed by atoms with Gasteiger partial charge in [0.2, 0.25) is 0 Å². The van der Waals surface area contributed by atoms with E-state index in [1.165, 1.54) is 5.56 Å². The van der Waals surface area contributed by atoms with Gasteiger partial charge in [0.15, 0.2) is 12.4 Å². The Bertz CT molecular complexity index is 983. The highest BCUT2D eigenvalue weighted by atomic mass is 16.5. The Morgan fingerprint density at radius 2 is 1.65 bits per heavy atom. The molecule has 3 heterocycles. The lowest BCUT2D eigenvalue weighted by Crippen LogP contribution is -2.50. The molecule has 0 aliphatic carbocycles. The zero-order chi connectivity index (χ0) is 21.6. The van der Waals surface area contributed by atoms with Gasteiger partial charge in [-0.05, 0) is 47.9 Å². The Labute approximate surface area is 182 Å². The molecule has 0 unspecified atom stereocenters. The third kappa shape index (κ3) is 5.17. The number of aromatic nitrogens is 3. The SMILES string of the molecule is CC(C)c1ccc(OCC(=O)N2CCN(c3ccc(-c4ccncc4)nn3)CC2)cc1. The molecule has 1 aliphatic heterocycles. The van der Waals surface area contributed by atoms with Crippen molar-refractivity contribution in [3.8, 4) is 17.0 Å². The van der Waals surface area contributed by atoms with E-state index in [-0.39, 0.29) is 12.5 Å². The maximum Gasteiger partial charge on any atom is 0.260 e. The van der Waals surface area contributed by atoms with Crippen LogP contribution in [0.2, 0.25) is 0 Å². The molecular weight excluding hydrogens is 390 g/mol. The van der Waals surface area contributed by atoms with Crippen LogP contribution in [0, 0.1) is 0 Å². The molecule has 1 aliphatic rings. The molecule has 0 spiro atoms. The first-order valence-electron chi connectivity index (χ1n) is 10.6. The summed E-state index contributed by atoms with van der Waals surface area (Å²) in [5, 5.41) is 8.71. The van der Waals surface area contributed by atoms with E-state index in [1.54, 1.807) is 12.4 Å². The van der Waals surface area contributed by atoms with Gasteiger partial charge in [-0.1, -0.05) is 26.0 Å². The molecule has 160 valence electrons. The van der Waals surface area contributed by atoms with Gasteiger partial charge in [-0.3, -0.25) is 9.78 Å². The van der Waals surface area contributed by atoms with Crippen molar-refractivity contribution in [2.45, 2.75) is 19.8 Å². The van der Waals surface area contributed by atoms with Gasteiger partial charge in [-0.25, -0.2) is 0 Å². The predicted octanol–water partition coefficient (Wildman–Crippen LogP) is 3.39. The number of carbonyl (C=O) groups is 1. The summed E-state index contributed by atoms with van der Waals surface area (Å²) in [6.07, 6.45) is 3.48. The van der Waals surface area contributed by atoms with E-state index < -0.39 is 0 Å². The van der Waals surface area contributed by atoms with Gasteiger partial charge in [0.05, 0.1) is 5.69 Å². The smallest absolute Gasteiger partial charge is 0.260 e. The van der Waals surface area contributed by atoms with Crippen LogP contribution in [0.5, 0.6) is 5.75 Å². The molecule has 1 amide bonds.